The molecule has 1 saturated heterocycles. The molecule has 5 nitrogen and oxygen atoms in total. The molecule has 0 bridgehead atoms. The summed E-state index contributed by atoms with van der Waals surface area (Å²) in [5.41, 5.74) is 4.44. The number of aromatic nitrogens is 1. The van der Waals surface area contributed by atoms with Crippen LogP contribution in [0.15, 0.2) is 24.3 Å². The molecule has 1 aliphatic heterocycles. The fraction of sp³-hybridized carbons (Fsp3) is 0.538. The molecule has 2 aromatic rings. The monoisotopic (exact) mass is 441 g/mol. The fourth-order valence-corrected chi connectivity index (χ4v) is 4.40. The first-order chi connectivity index (χ1) is 14.9. The van der Waals surface area contributed by atoms with E-state index >= 15 is 4.39 Å². The zero-order valence-electron chi connectivity index (χ0n) is 20.4. The van der Waals surface area contributed by atoms with E-state index in [1.165, 1.54) is 0 Å². The van der Waals surface area contributed by atoms with Crippen LogP contribution in [0.1, 0.15) is 58.0 Å². The Balaban J connectivity index is 2.00. The normalized spacial score (nSPS) is 19.2. The summed E-state index contributed by atoms with van der Waals surface area (Å²) in [6.45, 7) is 15.6. The number of ether oxygens (including phenoxy) is 1. The largest absolute Gasteiger partial charge is 0.372 e. The summed E-state index contributed by atoms with van der Waals surface area (Å²) in [6.07, 6.45) is 0.556. The van der Waals surface area contributed by atoms with Gasteiger partial charge < -0.3 is 15.0 Å². The van der Waals surface area contributed by atoms with E-state index in [0.717, 1.165) is 28.2 Å². The standard InChI is InChI=1S/C26H36FN3O2/c1-16-8-20(9-17(2)29-16)25-21(13-28-24(31)12-26(5,6)7)10-22(11-23(25)27)30-14-18(3)32-19(4)15-30/h8-11,18-19H,12-15H2,1-7H3,(H,28,31)/t18-,19+. The van der Waals surface area contributed by atoms with E-state index in [-0.39, 0.29) is 35.9 Å². The molecule has 1 N–H and O–H groups in total. The number of pyridine rings is 1. The lowest BCUT2D eigenvalue weighted by Gasteiger charge is -2.37. The molecule has 0 radical (unpaired) electrons. The number of hydrogen-bond donors (Lipinski definition) is 1. The quantitative estimate of drug-likeness (QED) is 0.695. The van der Waals surface area contributed by atoms with Gasteiger partial charge in [-0.3, -0.25) is 9.78 Å². The number of rotatable bonds is 5. The summed E-state index contributed by atoms with van der Waals surface area (Å²) < 4.78 is 21.5. The third kappa shape index (κ3) is 6.28. The maximum Gasteiger partial charge on any atom is 0.220 e. The molecule has 1 aromatic heterocycles. The van der Waals surface area contributed by atoms with E-state index in [4.69, 9.17) is 4.74 Å². The van der Waals surface area contributed by atoms with Crippen molar-refractivity contribution in [2.24, 2.45) is 5.41 Å². The molecule has 6 heteroatoms. The van der Waals surface area contributed by atoms with Crippen molar-refractivity contribution >= 4 is 11.6 Å². The van der Waals surface area contributed by atoms with Gasteiger partial charge in [0.1, 0.15) is 5.82 Å². The summed E-state index contributed by atoms with van der Waals surface area (Å²) in [5, 5.41) is 3.01. The highest BCUT2D eigenvalue weighted by molar-refractivity contribution is 5.78. The lowest BCUT2D eigenvalue weighted by molar-refractivity contribution is -0.122. The number of aryl methyl sites for hydroxylation is 2. The molecule has 0 saturated carbocycles. The Morgan fingerprint density at radius 1 is 1.12 bits per heavy atom. The highest BCUT2D eigenvalue weighted by Gasteiger charge is 2.25. The summed E-state index contributed by atoms with van der Waals surface area (Å²) in [6, 6.07) is 7.40. The molecule has 1 fully saturated rings. The molecule has 1 amide bonds. The van der Waals surface area contributed by atoms with E-state index in [1.54, 1.807) is 6.07 Å². The maximum atomic E-state index is 15.6. The van der Waals surface area contributed by atoms with Crippen LogP contribution in [0.2, 0.25) is 0 Å². The van der Waals surface area contributed by atoms with Crippen LogP contribution < -0.4 is 10.2 Å². The number of carbonyl (C=O) groups excluding carboxylic acids is 1. The first-order valence-corrected chi connectivity index (χ1v) is 11.4. The Bertz CT molecular complexity index is 954. The number of nitrogens with one attached hydrogen (secondary N) is 1. The Kier molecular flexibility index (Phi) is 7.23. The Hall–Kier alpha value is -2.47. The summed E-state index contributed by atoms with van der Waals surface area (Å²) in [7, 11) is 0. The van der Waals surface area contributed by atoms with Crippen LogP contribution in [-0.4, -0.2) is 36.2 Å². The van der Waals surface area contributed by atoms with Crippen molar-refractivity contribution in [2.75, 3.05) is 18.0 Å². The van der Waals surface area contributed by atoms with Crippen LogP contribution in [-0.2, 0) is 16.1 Å². The van der Waals surface area contributed by atoms with Gasteiger partial charge in [0.15, 0.2) is 0 Å². The predicted molar refractivity (Wildman–Crippen MR) is 127 cm³/mol. The molecule has 0 aliphatic carbocycles. The van der Waals surface area contributed by atoms with Gasteiger partial charge in [-0.2, -0.15) is 0 Å². The average molecular weight is 442 g/mol. The molecule has 174 valence electrons. The van der Waals surface area contributed by atoms with E-state index < -0.39 is 0 Å². The minimum atomic E-state index is -0.292. The molecule has 2 atom stereocenters. The van der Waals surface area contributed by atoms with Gasteiger partial charge in [-0.25, -0.2) is 4.39 Å². The number of amides is 1. The van der Waals surface area contributed by atoms with E-state index in [1.807, 2.05) is 66.7 Å². The number of nitrogens with zero attached hydrogens (tertiary/aromatic N) is 2. The molecule has 32 heavy (non-hydrogen) atoms. The first-order valence-electron chi connectivity index (χ1n) is 11.4. The van der Waals surface area contributed by atoms with Gasteiger partial charge in [0.25, 0.3) is 0 Å². The van der Waals surface area contributed by atoms with Crippen molar-refractivity contribution in [3.8, 4) is 11.1 Å². The van der Waals surface area contributed by atoms with E-state index in [0.29, 0.717) is 25.1 Å². The van der Waals surface area contributed by atoms with Crippen LogP contribution >= 0.6 is 0 Å². The molecule has 0 unspecified atom stereocenters. The van der Waals surface area contributed by atoms with Gasteiger partial charge in [0, 0.05) is 48.7 Å². The second-order valence-corrected chi connectivity index (χ2v) is 10.3. The molecule has 2 heterocycles. The molecular weight excluding hydrogens is 405 g/mol. The summed E-state index contributed by atoms with van der Waals surface area (Å²) in [4.78, 5) is 19.1. The zero-order valence-corrected chi connectivity index (χ0v) is 20.4. The fourth-order valence-electron chi connectivity index (χ4n) is 4.40. The lowest BCUT2D eigenvalue weighted by atomic mass is 9.92. The molecule has 3 rings (SSSR count). The van der Waals surface area contributed by atoms with Gasteiger partial charge in [0.05, 0.1) is 12.2 Å². The van der Waals surface area contributed by atoms with Crippen LogP contribution in [0.3, 0.4) is 0 Å². The smallest absolute Gasteiger partial charge is 0.220 e. The van der Waals surface area contributed by atoms with Crippen LogP contribution in [0.25, 0.3) is 11.1 Å². The van der Waals surface area contributed by atoms with Gasteiger partial charge in [-0.05, 0) is 68.5 Å². The highest BCUT2D eigenvalue weighted by Crippen LogP contribution is 2.33. The minimum Gasteiger partial charge on any atom is -0.372 e. The number of morpholine rings is 1. The summed E-state index contributed by atoms with van der Waals surface area (Å²) in [5.74, 6) is -0.329. The zero-order chi connectivity index (χ0) is 23.6. The molecule has 0 spiro atoms. The Morgan fingerprint density at radius 3 is 2.28 bits per heavy atom. The number of halogens is 1. The third-order valence-corrected chi connectivity index (χ3v) is 5.48. The van der Waals surface area contributed by atoms with Crippen molar-refractivity contribution in [2.45, 2.75) is 73.6 Å². The number of anilines is 1. The van der Waals surface area contributed by atoms with Crippen LogP contribution in [0.4, 0.5) is 10.1 Å². The van der Waals surface area contributed by atoms with E-state index in [9.17, 15) is 4.79 Å². The van der Waals surface area contributed by atoms with Gasteiger partial charge in [-0.15, -0.1) is 0 Å². The topological polar surface area (TPSA) is 54.5 Å². The lowest BCUT2D eigenvalue weighted by Crippen LogP contribution is -2.45. The maximum absolute atomic E-state index is 15.6. The van der Waals surface area contributed by atoms with Crippen LogP contribution in [0, 0.1) is 25.1 Å². The predicted octanol–water partition coefficient (Wildman–Crippen LogP) is 5.17. The average Bonchev–Trinajstić information content (AvgIpc) is 2.63. The van der Waals surface area contributed by atoms with E-state index in [2.05, 4.69) is 15.2 Å². The highest BCUT2D eigenvalue weighted by atomic mass is 19.1. The van der Waals surface area contributed by atoms with Crippen molar-refractivity contribution in [1.29, 1.82) is 0 Å². The van der Waals surface area contributed by atoms with Crippen molar-refractivity contribution < 1.29 is 13.9 Å². The molecule has 1 aliphatic rings. The van der Waals surface area contributed by atoms with Crippen LogP contribution in [0.5, 0.6) is 0 Å². The second-order valence-electron chi connectivity index (χ2n) is 10.3. The van der Waals surface area contributed by atoms with Crippen molar-refractivity contribution in [3.63, 3.8) is 0 Å². The Labute approximate surface area is 191 Å². The second kappa shape index (κ2) is 9.57. The minimum absolute atomic E-state index is 0.0371. The summed E-state index contributed by atoms with van der Waals surface area (Å²) >= 11 is 0. The number of benzene rings is 1. The van der Waals surface area contributed by atoms with Gasteiger partial charge in [0.2, 0.25) is 5.91 Å². The van der Waals surface area contributed by atoms with Crippen molar-refractivity contribution in [3.05, 3.63) is 47.0 Å². The third-order valence-electron chi connectivity index (χ3n) is 5.48. The molecular formula is C26H36FN3O2. The number of carbonyl (C=O) groups is 1. The first kappa shape index (κ1) is 24.2. The van der Waals surface area contributed by atoms with Gasteiger partial charge in [-0.1, -0.05) is 20.8 Å². The van der Waals surface area contributed by atoms with Crippen molar-refractivity contribution in [1.82, 2.24) is 10.3 Å². The Morgan fingerprint density at radius 2 is 1.72 bits per heavy atom. The SMILES string of the molecule is Cc1cc(-c2c(F)cc(N3C[C@@H](C)O[C@@H](C)C3)cc2CNC(=O)CC(C)(C)C)cc(C)n1. The van der Waals surface area contributed by atoms with Gasteiger partial charge >= 0.3 is 0 Å². The molecule has 1 aromatic carbocycles. The number of hydrogen-bond acceptors (Lipinski definition) is 4.